The number of carbonyl (C=O) groups is 2. The molecule has 1 aliphatic rings. The summed E-state index contributed by atoms with van der Waals surface area (Å²) < 4.78 is 5.15. The summed E-state index contributed by atoms with van der Waals surface area (Å²) in [4.78, 5) is 46.9. The summed E-state index contributed by atoms with van der Waals surface area (Å²) in [6.45, 7) is 4.61. The summed E-state index contributed by atoms with van der Waals surface area (Å²) in [6.07, 6.45) is 0.400. The summed E-state index contributed by atoms with van der Waals surface area (Å²) in [5.41, 5.74) is 1.19. The molecule has 2 aromatic rings. The van der Waals surface area contributed by atoms with Gasteiger partial charge < -0.3 is 24.8 Å². The van der Waals surface area contributed by atoms with E-state index in [2.05, 4.69) is 15.3 Å². The molecule has 3 rings (SSSR count). The molecule has 0 spiro atoms. The first-order valence-corrected chi connectivity index (χ1v) is 9.46. The van der Waals surface area contributed by atoms with Crippen molar-refractivity contribution in [2.24, 2.45) is 0 Å². The first kappa shape index (κ1) is 20.4. The van der Waals surface area contributed by atoms with Crippen molar-refractivity contribution in [3.8, 4) is 5.75 Å². The number of methoxy groups -OCH3 is 1. The number of rotatable bonds is 5. The second kappa shape index (κ2) is 8.76. The van der Waals surface area contributed by atoms with E-state index in [1.165, 1.54) is 11.0 Å². The highest BCUT2D eigenvalue weighted by molar-refractivity contribution is 6.00. The lowest BCUT2D eigenvalue weighted by Crippen LogP contribution is -2.59. The van der Waals surface area contributed by atoms with Crippen molar-refractivity contribution in [3.63, 3.8) is 0 Å². The lowest BCUT2D eigenvalue weighted by molar-refractivity contribution is -0.124. The van der Waals surface area contributed by atoms with Crippen LogP contribution >= 0.6 is 0 Å². The van der Waals surface area contributed by atoms with Gasteiger partial charge in [-0.25, -0.2) is 9.78 Å². The first-order valence-electron chi connectivity index (χ1n) is 9.46. The summed E-state index contributed by atoms with van der Waals surface area (Å²) in [5.74, 6) is 1.10. The third-order valence-electron chi connectivity index (χ3n) is 4.86. The molecule has 9 nitrogen and oxygen atoms in total. The number of hydrogen-bond donors (Lipinski definition) is 2. The molecule has 1 aromatic heterocycles. The largest absolute Gasteiger partial charge is 0.497 e. The molecule has 154 valence electrons. The number of amides is 3. The molecule has 0 saturated carbocycles. The number of H-pyrrole nitrogens is 1. The van der Waals surface area contributed by atoms with Crippen molar-refractivity contribution in [3.05, 3.63) is 52.2 Å². The van der Waals surface area contributed by atoms with E-state index in [1.54, 1.807) is 38.0 Å². The second-order valence-electron chi connectivity index (χ2n) is 6.87. The van der Waals surface area contributed by atoms with Crippen LogP contribution in [0.4, 0.5) is 10.5 Å². The molecular formula is C20H25N5O4. The minimum Gasteiger partial charge on any atom is -0.497 e. The van der Waals surface area contributed by atoms with Crippen LogP contribution in [0.15, 0.2) is 35.1 Å². The molecule has 0 aliphatic carbocycles. The Kier molecular flexibility index (Phi) is 6.16. The highest BCUT2D eigenvalue weighted by Gasteiger charge is 2.34. The van der Waals surface area contributed by atoms with Crippen LogP contribution in [-0.2, 0) is 11.2 Å². The number of piperazine rings is 1. The highest BCUT2D eigenvalue weighted by Crippen LogP contribution is 2.23. The van der Waals surface area contributed by atoms with E-state index in [9.17, 15) is 14.4 Å². The van der Waals surface area contributed by atoms with Gasteiger partial charge in [0, 0.05) is 43.5 Å². The van der Waals surface area contributed by atoms with Gasteiger partial charge in [-0.1, -0.05) is 0 Å². The Morgan fingerprint density at radius 1 is 1.28 bits per heavy atom. The van der Waals surface area contributed by atoms with Crippen LogP contribution in [0.5, 0.6) is 5.75 Å². The third-order valence-corrected chi connectivity index (χ3v) is 4.86. The fourth-order valence-corrected chi connectivity index (χ4v) is 3.32. The molecule has 1 fully saturated rings. The molecule has 2 heterocycles. The highest BCUT2D eigenvalue weighted by atomic mass is 16.5. The van der Waals surface area contributed by atoms with Gasteiger partial charge in [0.05, 0.1) is 7.11 Å². The van der Waals surface area contributed by atoms with Crippen molar-refractivity contribution in [2.75, 3.05) is 31.6 Å². The van der Waals surface area contributed by atoms with Crippen LogP contribution in [0.25, 0.3) is 0 Å². The Bertz CT molecular complexity index is 941. The van der Waals surface area contributed by atoms with Gasteiger partial charge in [0.25, 0.3) is 5.56 Å². The number of aryl methyl sites for hydroxylation is 1. The van der Waals surface area contributed by atoms with Crippen molar-refractivity contribution >= 4 is 17.6 Å². The van der Waals surface area contributed by atoms with E-state index in [1.807, 2.05) is 12.1 Å². The van der Waals surface area contributed by atoms with Crippen LogP contribution in [0.1, 0.15) is 18.4 Å². The van der Waals surface area contributed by atoms with Crippen molar-refractivity contribution in [1.29, 1.82) is 0 Å². The van der Waals surface area contributed by atoms with Gasteiger partial charge >= 0.3 is 6.03 Å². The molecule has 1 aromatic carbocycles. The SMILES string of the molecule is COc1ccc(N2CCN(C(=O)NCCc3nc(C)cc(=O)[nH]3)[C@@H](C)C2=O)cc1. The zero-order valence-corrected chi connectivity index (χ0v) is 16.8. The Balaban J connectivity index is 1.56. The monoisotopic (exact) mass is 399 g/mol. The number of urea groups is 1. The number of carbonyl (C=O) groups excluding carboxylic acids is 2. The Morgan fingerprint density at radius 3 is 2.66 bits per heavy atom. The topological polar surface area (TPSA) is 108 Å². The van der Waals surface area contributed by atoms with E-state index < -0.39 is 6.04 Å². The smallest absolute Gasteiger partial charge is 0.318 e. The number of hydrogen-bond acceptors (Lipinski definition) is 5. The lowest BCUT2D eigenvalue weighted by atomic mass is 10.1. The number of nitrogens with zero attached hydrogens (tertiary/aromatic N) is 3. The predicted molar refractivity (Wildman–Crippen MR) is 108 cm³/mol. The molecule has 2 N–H and O–H groups in total. The van der Waals surface area contributed by atoms with Crippen molar-refractivity contribution in [1.82, 2.24) is 20.2 Å². The molecule has 0 radical (unpaired) electrons. The molecule has 3 amide bonds. The fourth-order valence-electron chi connectivity index (χ4n) is 3.32. The van der Waals surface area contributed by atoms with Gasteiger partial charge in [0.1, 0.15) is 17.6 Å². The normalized spacial score (nSPS) is 16.7. The average Bonchev–Trinajstić information content (AvgIpc) is 2.69. The van der Waals surface area contributed by atoms with Gasteiger partial charge in [-0.2, -0.15) is 0 Å². The Labute approximate surface area is 168 Å². The van der Waals surface area contributed by atoms with E-state index in [-0.39, 0.29) is 17.5 Å². The first-order chi connectivity index (χ1) is 13.9. The molecule has 9 heteroatoms. The van der Waals surface area contributed by atoms with E-state index in [4.69, 9.17) is 4.74 Å². The molecular weight excluding hydrogens is 374 g/mol. The van der Waals surface area contributed by atoms with Gasteiger partial charge in [-0.05, 0) is 38.1 Å². The van der Waals surface area contributed by atoms with Gasteiger partial charge in [-0.3, -0.25) is 9.59 Å². The van der Waals surface area contributed by atoms with Gasteiger partial charge in [0.2, 0.25) is 5.91 Å². The Hall–Kier alpha value is -3.36. The maximum Gasteiger partial charge on any atom is 0.318 e. The van der Waals surface area contributed by atoms with Crippen molar-refractivity contribution < 1.29 is 14.3 Å². The summed E-state index contributed by atoms with van der Waals surface area (Å²) in [5, 5.41) is 2.80. The zero-order valence-electron chi connectivity index (χ0n) is 16.8. The van der Waals surface area contributed by atoms with E-state index in [0.717, 1.165) is 11.4 Å². The fraction of sp³-hybridized carbons (Fsp3) is 0.400. The molecule has 1 aliphatic heterocycles. The lowest BCUT2D eigenvalue weighted by Gasteiger charge is -2.39. The maximum absolute atomic E-state index is 12.8. The second-order valence-corrected chi connectivity index (χ2v) is 6.87. The Morgan fingerprint density at radius 2 is 2.00 bits per heavy atom. The zero-order chi connectivity index (χ0) is 21.0. The molecule has 1 saturated heterocycles. The van der Waals surface area contributed by atoms with Crippen LogP contribution < -0.4 is 20.5 Å². The minimum absolute atomic E-state index is 0.138. The van der Waals surface area contributed by atoms with Crippen LogP contribution in [0.3, 0.4) is 0 Å². The molecule has 0 bridgehead atoms. The minimum atomic E-state index is -0.581. The summed E-state index contributed by atoms with van der Waals surface area (Å²) in [6, 6.07) is 7.78. The van der Waals surface area contributed by atoms with E-state index >= 15 is 0 Å². The molecule has 1 atom stereocenters. The maximum atomic E-state index is 12.8. The standard InChI is InChI=1S/C20H25N5O4/c1-13-12-18(26)23-17(22-13)8-9-21-20(28)24-10-11-25(19(27)14(24)2)15-4-6-16(29-3)7-5-15/h4-7,12,14H,8-11H2,1-3H3,(H,21,28)(H,22,23,26)/t14-/m0/s1. The average molecular weight is 399 g/mol. The predicted octanol–water partition coefficient (Wildman–Crippen LogP) is 1.08. The number of anilines is 1. The number of aromatic amines is 1. The number of benzene rings is 1. The van der Waals surface area contributed by atoms with Crippen molar-refractivity contribution in [2.45, 2.75) is 26.3 Å². The number of nitrogens with one attached hydrogen (secondary N) is 2. The van der Waals surface area contributed by atoms with Gasteiger partial charge in [0.15, 0.2) is 0 Å². The molecule has 0 unspecified atom stereocenters. The van der Waals surface area contributed by atoms with Gasteiger partial charge in [-0.15, -0.1) is 0 Å². The quantitative estimate of drug-likeness (QED) is 0.782. The number of ether oxygens (including phenoxy) is 1. The molecule has 29 heavy (non-hydrogen) atoms. The van der Waals surface area contributed by atoms with Crippen LogP contribution in [0.2, 0.25) is 0 Å². The summed E-state index contributed by atoms with van der Waals surface area (Å²) >= 11 is 0. The van der Waals surface area contributed by atoms with E-state index in [0.29, 0.717) is 37.6 Å². The van der Waals surface area contributed by atoms with Crippen LogP contribution in [0, 0.1) is 6.92 Å². The van der Waals surface area contributed by atoms with Crippen LogP contribution in [-0.4, -0.2) is 59.6 Å². The number of aromatic nitrogens is 2. The third kappa shape index (κ3) is 4.74. The summed E-state index contributed by atoms with van der Waals surface area (Å²) in [7, 11) is 1.59.